The number of nitrogens with one attached hydrogen (secondary N) is 2. The summed E-state index contributed by atoms with van der Waals surface area (Å²) in [6.45, 7) is 0.303. The Labute approximate surface area is 155 Å². The summed E-state index contributed by atoms with van der Waals surface area (Å²) < 4.78 is 0. The first-order valence-corrected chi connectivity index (χ1v) is 8.10. The summed E-state index contributed by atoms with van der Waals surface area (Å²) in [5.74, 6) is -1.63. The Hall–Kier alpha value is -2.65. The van der Waals surface area contributed by atoms with E-state index < -0.39 is 11.9 Å². The molecule has 0 spiro atoms. The summed E-state index contributed by atoms with van der Waals surface area (Å²) in [4.78, 5) is 42.5. The molecule has 0 atom stereocenters. The van der Waals surface area contributed by atoms with E-state index in [0.717, 1.165) is 6.42 Å². The fraction of sp³-hybridized carbons (Fsp3) is 0.375. The van der Waals surface area contributed by atoms with Gasteiger partial charge in [-0.05, 0) is 37.6 Å². The molecular formula is C16H22ClN3O6. The van der Waals surface area contributed by atoms with Crippen molar-refractivity contribution in [2.24, 2.45) is 5.73 Å². The molecule has 1 rings (SSSR count). The number of halogens is 1. The van der Waals surface area contributed by atoms with Crippen molar-refractivity contribution in [3.05, 3.63) is 28.8 Å². The normalized spacial score (nSPS) is 9.46. The molecular weight excluding hydrogens is 366 g/mol. The highest BCUT2D eigenvalue weighted by Crippen LogP contribution is 2.23. The molecule has 2 amide bonds. The summed E-state index contributed by atoms with van der Waals surface area (Å²) in [7, 11) is 0. The number of unbranched alkanes of at least 4 members (excludes halogenated alkanes) is 1. The van der Waals surface area contributed by atoms with Crippen LogP contribution in [0, 0.1) is 0 Å². The molecule has 0 saturated heterocycles. The molecule has 9 nitrogen and oxygen atoms in total. The molecule has 1 aromatic rings. The molecule has 0 radical (unpaired) electrons. The third-order valence-electron chi connectivity index (χ3n) is 2.99. The van der Waals surface area contributed by atoms with Crippen LogP contribution in [0.2, 0.25) is 5.02 Å². The number of hydrogen-bond donors (Lipinski definition) is 5. The highest BCUT2D eigenvalue weighted by atomic mass is 35.5. The molecule has 26 heavy (non-hydrogen) atoms. The lowest BCUT2D eigenvalue weighted by atomic mass is 10.1. The first-order valence-electron chi connectivity index (χ1n) is 7.73. The lowest BCUT2D eigenvalue weighted by Gasteiger charge is -2.10. The minimum absolute atomic E-state index is 0.0254. The Morgan fingerprint density at radius 3 is 2.42 bits per heavy atom. The molecule has 0 unspecified atom stereocenters. The van der Waals surface area contributed by atoms with Gasteiger partial charge in [0.25, 0.3) is 12.4 Å². The van der Waals surface area contributed by atoms with Crippen molar-refractivity contribution < 1.29 is 29.4 Å². The lowest BCUT2D eigenvalue weighted by molar-refractivity contribution is -0.136. The minimum atomic E-state index is -0.994. The van der Waals surface area contributed by atoms with E-state index >= 15 is 0 Å². The molecule has 0 aliphatic rings. The van der Waals surface area contributed by atoms with Crippen molar-refractivity contribution in [2.45, 2.75) is 25.7 Å². The van der Waals surface area contributed by atoms with Crippen LogP contribution in [-0.4, -0.2) is 47.6 Å². The molecule has 144 valence electrons. The summed E-state index contributed by atoms with van der Waals surface area (Å²) in [6.07, 6.45) is 1.59. The molecule has 10 heteroatoms. The van der Waals surface area contributed by atoms with Crippen LogP contribution in [0.4, 0.5) is 5.69 Å². The van der Waals surface area contributed by atoms with Gasteiger partial charge in [0.2, 0.25) is 5.91 Å². The molecule has 0 heterocycles. The Bertz CT molecular complexity index is 624. The lowest BCUT2D eigenvalue weighted by Crippen LogP contribution is -2.26. The zero-order valence-electron chi connectivity index (χ0n) is 14.0. The monoisotopic (exact) mass is 387 g/mol. The molecule has 0 bridgehead atoms. The SMILES string of the molecule is NCCCCC(=O)Nc1cc(C(=O)NCCC(=O)O)ccc1Cl.O=CO. The van der Waals surface area contributed by atoms with Gasteiger partial charge >= 0.3 is 5.97 Å². The third-order valence-corrected chi connectivity index (χ3v) is 3.31. The Morgan fingerprint density at radius 2 is 1.85 bits per heavy atom. The standard InChI is InChI=1S/C15H20ClN3O4.CH2O2/c16-11-5-4-10(15(23)18-8-6-14(21)22)9-12(11)19-13(20)3-1-2-7-17;2-1-3/h4-5,9H,1-3,6-8,17H2,(H,18,23)(H,19,20)(H,21,22);1H,(H,2,3). The van der Waals surface area contributed by atoms with Gasteiger partial charge in [0.15, 0.2) is 0 Å². The zero-order chi connectivity index (χ0) is 19.9. The maximum Gasteiger partial charge on any atom is 0.305 e. The van der Waals surface area contributed by atoms with E-state index in [0.29, 0.717) is 30.1 Å². The van der Waals surface area contributed by atoms with Gasteiger partial charge in [-0.1, -0.05) is 11.6 Å². The number of carbonyl (C=O) groups is 4. The molecule has 0 fully saturated rings. The Kier molecular flexibility index (Phi) is 12.2. The molecule has 0 aliphatic carbocycles. The number of carboxylic acid groups (broad SMARTS) is 2. The maximum absolute atomic E-state index is 11.9. The number of benzene rings is 1. The molecule has 0 aromatic heterocycles. The summed E-state index contributed by atoms with van der Waals surface area (Å²) >= 11 is 6.01. The maximum atomic E-state index is 11.9. The predicted molar refractivity (Wildman–Crippen MR) is 96.3 cm³/mol. The minimum Gasteiger partial charge on any atom is -0.483 e. The third kappa shape index (κ3) is 10.3. The number of nitrogens with two attached hydrogens (primary N) is 1. The molecule has 0 aliphatic heterocycles. The average molecular weight is 388 g/mol. The quantitative estimate of drug-likeness (QED) is 0.315. The summed E-state index contributed by atoms with van der Waals surface area (Å²) in [5, 5.41) is 20.9. The first kappa shape index (κ1) is 23.4. The van der Waals surface area contributed by atoms with E-state index in [2.05, 4.69) is 10.6 Å². The molecule has 6 N–H and O–H groups in total. The number of carboxylic acids is 1. The number of anilines is 1. The summed E-state index contributed by atoms with van der Waals surface area (Å²) in [5.41, 5.74) is 6.00. The van der Waals surface area contributed by atoms with Crippen molar-refractivity contribution in [3.63, 3.8) is 0 Å². The van der Waals surface area contributed by atoms with E-state index in [9.17, 15) is 14.4 Å². The first-order chi connectivity index (χ1) is 12.3. The van der Waals surface area contributed by atoms with Gasteiger partial charge in [0.1, 0.15) is 0 Å². The smallest absolute Gasteiger partial charge is 0.305 e. The average Bonchev–Trinajstić information content (AvgIpc) is 2.57. The van der Waals surface area contributed by atoms with Crippen LogP contribution >= 0.6 is 11.6 Å². The van der Waals surface area contributed by atoms with E-state index in [-0.39, 0.29) is 30.9 Å². The van der Waals surface area contributed by atoms with Gasteiger partial charge < -0.3 is 26.6 Å². The van der Waals surface area contributed by atoms with E-state index in [4.69, 9.17) is 32.3 Å². The van der Waals surface area contributed by atoms with Gasteiger partial charge in [-0.15, -0.1) is 0 Å². The number of hydrogen-bond acceptors (Lipinski definition) is 5. The van der Waals surface area contributed by atoms with Crippen LogP contribution in [0.3, 0.4) is 0 Å². The zero-order valence-corrected chi connectivity index (χ0v) is 14.8. The van der Waals surface area contributed by atoms with Crippen molar-refractivity contribution in [1.82, 2.24) is 5.32 Å². The van der Waals surface area contributed by atoms with Crippen molar-refractivity contribution >= 4 is 41.5 Å². The van der Waals surface area contributed by atoms with Crippen LogP contribution in [0.5, 0.6) is 0 Å². The highest BCUT2D eigenvalue weighted by Gasteiger charge is 2.11. The summed E-state index contributed by atoms with van der Waals surface area (Å²) in [6, 6.07) is 4.46. The molecule has 1 aromatic carbocycles. The van der Waals surface area contributed by atoms with Gasteiger partial charge in [-0.2, -0.15) is 0 Å². The van der Waals surface area contributed by atoms with Crippen molar-refractivity contribution in [1.29, 1.82) is 0 Å². The van der Waals surface area contributed by atoms with Crippen LogP contribution in [0.25, 0.3) is 0 Å². The Balaban J connectivity index is 0.00000194. The van der Waals surface area contributed by atoms with Crippen LogP contribution in [0.15, 0.2) is 18.2 Å². The Morgan fingerprint density at radius 1 is 1.19 bits per heavy atom. The van der Waals surface area contributed by atoms with Gasteiger partial charge in [-0.25, -0.2) is 0 Å². The van der Waals surface area contributed by atoms with Crippen molar-refractivity contribution in [2.75, 3.05) is 18.4 Å². The second-order valence-corrected chi connectivity index (χ2v) is 5.40. The predicted octanol–water partition coefficient (Wildman–Crippen LogP) is 1.31. The van der Waals surface area contributed by atoms with Crippen LogP contribution < -0.4 is 16.4 Å². The van der Waals surface area contributed by atoms with E-state index in [1.54, 1.807) is 0 Å². The van der Waals surface area contributed by atoms with Crippen LogP contribution in [-0.2, 0) is 14.4 Å². The van der Waals surface area contributed by atoms with Gasteiger partial charge in [0.05, 0.1) is 17.1 Å². The second kappa shape index (κ2) is 13.6. The fourth-order valence-corrected chi connectivity index (χ4v) is 1.95. The van der Waals surface area contributed by atoms with E-state index in [1.165, 1.54) is 18.2 Å². The molecule has 0 saturated carbocycles. The van der Waals surface area contributed by atoms with Crippen molar-refractivity contribution in [3.8, 4) is 0 Å². The number of carbonyl (C=O) groups excluding carboxylic acids is 2. The van der Waals surface area contributed by atoms with Crippen LogP contribution in [0.1, 0.15) is 36.0 Å². The number of aliphatic carboxylic acids is 1. The van der Waals surface area contributed by atoms with Gasteiger partial charge in [-0.3, -0.25) is 19.2 Å². The second-order valence-electron chi connectivity index (χ2n) is 4.99. The topological polar surface area (TPSA) is 159 Å². The fourth-order valence-electron chi connectivity index (χ4n) is 1.79. The number of rotatable bonds is 9. The number of amides is 2. The van der Waals surface area contributed by atoms with E-state index in [1.807, 2.05) is 0 Å². The highest BCUT2D eigenvalue weighted by molar-refractivity contribution is 6.33. The largest absolute Gasteiger partial charge is 0.483 e. The van der Waals surface area contributed by atoms with Gasteiger partial charge in [0, 0.05) is 18.5 Å².